The van der Waals surface area contributed by atoms with E-state index in [1.54, 1.807) is 17.0 Å². The molecule has 158 valence electrons. The molecule has 1 fully saturated rings. The first-order valence-electron chi connectivity index (χ1n) is 9.81. The molecule has 9 heteroatoms. The molecule has 1 saturated heterocycles. The Morgan fingerprint density at radius 1 is 1.10 bits per heavy atom. The van der Waals surface area contributed by atoms with Crippen molar-refractivity contribution in [2.75, 3.05) is 33.2 Å². The van der Waals surface area contributed by atoms with Crippen LogP contribution in [0.4, 0.5) is 13.2 Å². The Balaban J connectivity index is 1.82. The summed E-state index contributed by atoms with van der Waals surface area (Å²) in [7, 11) is 1.96. The lowest BCUT2D eigenvalue weighted by Crippen LogP contribution is -2.47. The monoisotopic (exact) mass is 417 g/mol. The van der Waals surface area contributed by atoms with Gasteiger partial charge in [-0.1, -0.05) is 31.2 Å². The first-order chi connectivity index (χ1) is 14.3. The molecule has 1 amide bonds. The highest BCUT2D eigenvalue weighted by atomic mass is 19.4. The number of rotatable bonds is 3. The highest BCUT2D eigenvalue weighted by Crippen LogP contribution is 2.33. The number of amides is 1. The number of alkyl halides is 3. The lowest BCUT2D eigenvalue weighted by atomic mass is 10.1. The summed E-state index contributed by atoms with van der Waals surface area (Å²) in [6.07, 6.45) is -2.63. The SMILES string of the molecule is CCc1ccc(-c2cc(C(F)(F)F)n3ncc(C(=O)N4CCN(C)CC4)c3n2)cc1. The van der Waals surface area contributed by atoms with E-state index in [-0.39, 0.29) is 22.8 Å². The average Bonchev–Trinajstić information content (AvgIpc) is 3.16. The maximum atomic E-state index is 13.8. The van der Waals surface area contributed by atoms with Gasteiger partial charge < -0.3 is 9.80 Å². The molecule has 0 spiro atoms. The molecular formula is C21H22F3N5O. The number of carbonyl (C=O) groups excluding carboxylic acids is 1. The predicted octanol–water partition coefficient (Wildman–Crippen LogP) is 3.37. The fourth-order valence-corrected chi connectivity index (χ4v) is 3.55. The topological polar surface area (TPSA) is 53.7 Å². The van der Waals surface area contributed by atoms with Crippen molar-refractivity contribution in [3.63, 3.8) is 0 Å². The normalized spacial score (nSPS) is 15.7. The summed E-state index contributed by atoms with van der Waals surface area (Å²) in [5.41, 5.74) is 0.829. The van der Waals surface area contributed by atoms with Crippen LogP contribution in [0.2, 0.25) is 0 Å². The quantitative estimate of drug-likeness (QED) is 0.656. The van der Waals surface area contributed by atoms with E-state index in [0.29, 0.717) is 36.3 Å². The number of aryl methyl sites for hydroxylation is 1. The zero-order chi connectivity index (χ0) is 21.5. The third-order valence-electron chi connectivity index (χ3n) is 5.44. The van der Waals surface area contributed by atoms with Crippen LogP contribution in [0, 0.1) is 0 Å². The van der Waals surface area contributed by atoms with E-state index in [9.17, 15) is 18.0 Å². The Morgan fingerprint density at radius 2 is 1.77 bits per heavy atom. The molecule has 0 saturated carbocycles. The standard InChI is InChI=1S/C21H22F3N5O/c1-3-14-4-6-15(7-5-14)17-12-18(21(22,23)24)29-19(26-17)16(13-25-29)20(30)28-10-8-27(2)9-11-28/h4-7,12-13H,3,8-11H2,1-2H3. The molecule has 6 nitrogen and oxygen atoms in total. The maximum absolute atomic E-state index is 13.8. The third-order valence-corrected chi connectivity index (χ3v) is 5.44. The summed E-state index contributed by atoms with van der Waals surface area (Å²) in [6, 6.07) is 8.19. The summed E-state index contributed by atoms with van der Waals surface area (Å²) >= 11 is 0. The lowest BCUT2D eigenvalue weighted by Gasteiger charge is -2.32. The van der Waals surface area contributed by atoms with Crippen molar-refractivity contribution in [2.45, 2.75) is 19.5 Å². The molecule has 1 aromatic carbocycles. The minimum Gasteiger partial charge on any atom is -0.336 e. The Hall–Kier alpha value is -2.94. The minimum absolute atomic E-state index is 0.0803. The van der Waals surface area contributed by atoms with Crippen LogP contribution < -0.4 is 0 Å². The maximum Gasteiger partial charge on any atom is 0.433 e. The van der Waals surface area contributed by atoms with E-state index in [1.165, 1.54) is 6.20 Å². The van der Waals surface area contributed by atoms with Gasteiger partial charge in [-0.25, -0.2) is 9.50 Å². The lowest BCUT2D eigenvalue weighted by molar-refractivity contribution is -0.142. The number of hydrogen-bond donors (Lipinski definition) is 0. The fourth-order valence-electron chi connectivity index (χ4n) is 3.55. The van der Waals surface area contributed by atoms with Crippen molar-refractivity contribution in [1.82, 2.24) is 24.4 Å². The van der Waals surface area contributed by atoms with E-state index in [2.05, 4.69) is 15.0 Å². The van der Waals surface area contributed by atoms with E-state index in [0.717, 1.165) is 18.1 Å². The van der Waals surface area contributed by atoms with E-state index >= 15 is 0 Å². The van der Waals surface area contributed by atoms with Crippen LogP contribution >= 0.6 is 0 Å². The van der Waals surface area contributed by atoms with E-state index < -0.39 is 11.9 Å². The predicted molar refractivity (Wildman–Crippen MR) is 106 cm³/mol. The van der Waals surface area contributed by atoms with Crippen molar-refractivity contribution < 1.29 is 18.0 Å². The second-order valence-electron chi connectivity index (χ2n) is 7.46. The second-order valence-corrected chi connectivity index (χ2v) is 7.46. The number of carbonyl (C=O) groups is 1. The molecule has 0 unspecified atom stereocenters. The van der Waals surface area contributed by atoms with Crippen molar-refractivity contribution in [3.05, 3.63) is 53.3 Å². The van der Waals surface area contributed by atoms with Crippen LogP contribution in [-0.4, -0.2) is 63.5 Å². The number of fused-ring (bicyclic) bond motifs is 1. The van der Waals surface area contributed by atoms with Gasteiger partial charge in [-0.2, -0.15) is 18.3 Å². The summed E-state index contributed by atoms with van der Waals surface area (Å²) in [6.45, 7) is 4.44. The van der Waals surface area contributed by atoms with Gasteiger partial charge in [0.25, 0.3) is 5.91 Å². The Bertz CT molecular complexity index is 1070. The largest absolute Gasteiger partial charge is 0.433 e. The Morgan fingerprint density at radius 3 is 2.37 bits per heavy atom. The summed E-state index contributed by atoms with van der Waals surface area (Å²) in [4.78, 5) is 21.1. The smallest absolute Gasteiger partial charge is 0.336 e. The molecule has 0 atom stereocenters. The van der Waals surface area contributed by atoms with Crippen molar-refractivity contribution in [2.24, 2.45) is 0 Å². The molecule has 0 N–H and O–H groups in total. The van der Waals surface area contributed by atoms with Crippen LogP contribution in [0.1, 0.15) is 28.5 Å². The number of aromatic nitrogens is 3. The van der Waals surface area contributed by atoms with Crippen LogP contribution in [-0.2, 0) is 12.6 Å². The average molecular weight is 417 g/mol. The fraction of sp³-hybridized carbons (Fsp3) is 0.381. The van der Waals surface area contributed by atoms with Crippen LogP contribution in [0.5, 0.6) is 0 Å². The van der Waals surface area contributed by atoms with Gasteiger partial charge in [0.1, 0.15) is 5.56 Å². The van der Waals surface area contributed by atoms with Gasteiger partial charge in [-0.05, 0) is 25.1 Å². The summed E-state index contributed by atoms with van der Waals surface area (Å²) in [5.74, 6) is -0.350. The third kappa shape index (κ3) is 3.77. The molecular weight excluding hydrogens is 395 g/mol. The summed E-state index contributed by atoms with van der Waals surface area (Å²) < 4.78 is 42.0. The number of hydrogen-bond acceptors (Lipinski definition) is 4. The number of piperazine rings is 1. The van der Waals surface area contributed by atoms with Crippen LogP contribution in [0.15, 0.2) is 36.5 Å². The number of likely N-dealkylation sites (N-methyl/N-ethyl adjacent to an activating group) is 1. The van der Waals surface area contributed by atoms with E-state index in [1.807, 2.05) is 26.1 Å². The molecule has 1 aliphatic rings. The molecule has 3 heterocycles. The Kier molecular flexibility index (Phi) is 5.23. The highest BCUT2D eigenvalue weighted by molar-refractivity contribution is 6.00. The molecule has 0 bridgehead atoms. The molecule has 3 aromatic rings. The van der Waals surface area contributed by atoms with Gasteiger partial charge in [0.2, 0.25) is 0 Å². The highest BCUT2D eigenvalue weighted by Gasteiger charge is 2.36. The van der Waals surface area contributed by atoms with Gasteiger partial charge in [-0.3, -0.25) is 4.79 Å². The molecule has 4 rings (SSSR count). The molecule has 0 radical (unpaired) electrons. The minimum atomic E-state index is -4.64. The van der Waals surface area contributed by atoms with Crippen molar-refractivity contribution in [1.29, 1.82) is 0 Å². The van der Waals surface area contributed by atoms with Gasteiger partial charge in [0, 0.05) is 31.7 Å². The van der Waals surface area contributed by atoms with Crippen molar-refractivity contribution in [3.8, 4) is 11.3 Å². The van der Waals surface area contributed by atoms with Gasteiger partial charge in [0.15, 0.2) is 11.3 Å². The van der Waals surface area contributed by atoms with Crippen LogP contribution in [0.3, 0.4) is 0 Å². The second kappa shape index (κ2) is 7.71. The van der Waals surface area contributed by atoms with Gasteiger partial charge in [-0.15, -0.1) is 0 Å². The first kappa shape index (κ1) is 20.3. The van der Waals surface area contributed by atoms with Crippen molar-refractivity contribution >= 4 is 11.6 Å². The molecule has 1 aliphatic heterocycles. The zero-order valence-electron chi connectivity index (χ0n) is 16.8. The number of benzene rings is 1. The molecule has 2 aromatic heterocycles. The van der Waals surface area contributed by atoms with Crippen LogP contribution in [0.25, 0.3) is 16.9 Å². The molecule has 30 heavy (non-hydrogen) atoms. The molecule has 0 aliphatic carbocycles. The zero-order valence-corrected chi connectivity index (χ0v) is 16.8. The number of nitrogens with zero attached hydrogens (tertiary/aromatic N) is 5. The van der Waals surface area contributed by atoms with Gasteiger partial charge in [0.05, 0.1) is 11.9 Å². The van der Waals surface area contributed by atoms with Gasteiger partial charge >= 0.3 is 6.18 Å². The van der Waals surface area contributed by atoms with E-state index in [4.69, 9.17) is 0 Å². The Labute approximate surface area is 171 Å². The number of halogens is 3. The first-order valence-corrected chi connectivity index (χ1v) is 9.81. The summed E-state index contributed by atoms with van der Waals surface area (Å²) in [5, 5.41) is 3.85.